The van der Waals surface area contributed by atoms with Crippen molar-refractivity contribution < 1.29 is 27.1 Å². The third-order valence-corrected chi connectivity index (χ3v) is 6.72. The summed E-state index contributed by atoms with van der Waals surface area (Å²) in [6.45, 7) is 3.47. The first-order valence-electron chi connectivity index (χ1n) is 6.75. The molecule has 22 heavy (non-hydrogen) atoms. The summed E-state index contributed by atoms with van der Waals surface area (Å²) in [6.07, 6.45) is -0.769. The van der Waals surface area contributed by atoms with E-state index in [2.05, 4.69) is 15.9 Å². The maximum absolute atomic E-state index is 12.7. The maximum atomic E-state index is 12.7. The molecule has 122 valence electrons. The molecule has 1 heterocycles. The van der Waals surface area contributed by atoms with Crippen molar-refractivity contribution in [2.75, 3.05) is 0 Å². The van der Waals surface area contributed by atoms with Crippen LogP contribution in [0, 0.1) is 5.92 Å². The number of ether oxygens (including phenoxy) is 1. The summed E-state index contributed by atoms with van der Waals surface area (Å²) in [5.41, 5.74) is -1.10. The van der Waals surface area contributed by atoms with E-state index in [1.165, 1.54) is 12.1 Å². The van der Waals surface area contributed by atoms with Gasteiger partial charge in [0, 0.05) is 15.0 Å². The Kier molecular flexibility index (Phi) is 5.74. The molecule has 0 amide bonds. The van der Waals surface area contributed by atoms with Crippen LogP contribution in [0.25, 0.3) is 0 Å². The van der Waals surface area contributed by atoms with Gasteiger partial charge in [-0.05, 0) is 30.7 Å². The highest BCUT2D eigenvalue weighted by atomic mass is 79.9. The number of hydrogen-bond acceptors (Lipinski definition) is 5. The zero-order valence-electron chi connectivity index (χ0n) is 12.0. The van der Waals surface area contributed by atoms with Gasteiger partial charge in [0.1, 0.15) is 6.10 Å². The Hall–Kier alpha value is -0.370. The molecular weight excluding hydrogens is 395 g/mol. The normalized spacial score (nSPS) is 29.5. The van der Waals surface area contributed by atoms with Gasteiger partial charge in [0.25, 0.3) is 0 Å². The first kappa shape index (κ1) is 18.0. The van der Waals surface area contributed by atoms with Crippen molar-refractivity contribution in [1.82, 2.24) is 0 Å². The lowest BCUT2D eigenvalue weighted by Crippen LogP contribution is -2.30. The quantitative estimate of drug-likeness (QED) is 0.748. The second kappa shape index (κ2) is 7.03. The molecule has 0 saturated carbocycles. The summed E-state index contributed by atoms with van der Waals surface area (Å²) in [7, 11) is -6.53. The topological polar surface area (TPSA) is 89.9 Å². The van der Waals surface area contributed by atoms with Gasteiger partial charge >= 0.3 is 8.25 Å². The smallest absolute Gasteiger partial charge is 0.355 e. The standard InChI is InChI=1S/C13H16BrO6PS/c1-3-11-12(20-21(15)16)8(2)13(19-11)22(17,18)10-6-4-9(14)5-7-10/h4-8,11-13H,3H2,1-2H3/p+1/t8?,11-,12-,13+/m1/s1. The molecule has 1 aliphatic heterocycles. The van der Waals surface area contributed by atoms with Gasteiger partial charge in [0.05, 0.1) is 11.0 Å². The SMILES string of the molecule is CC[C@H]1O[C@@H](S(=O)(=O)c2ccc(Br)cc2)C(C)[C@H]1O[P+](=O)O. The monoisotopic (exact) mass is 411 g/mol. The lowest BCUT2D eigenvalue weighted by Gasteiger charge is -2.16. The third kappa shape index (κ3) is 3.58. The Morgan fingerprint density at radius 3 is 2.45 bits per heavy atom. The fourth-order valence-corrected chi connectivity index (χ4v) is 5.17. The van der Waals surface area contributed by atoms with Crippen LogP contribution in [-0.2, 0) is 23.7 Å². The minimum atomic E-state index is -3.72. The van der Waals surface area contributed by atoms with Crippen LogP contribution in [0.1, 0.15) is 20.3 Å². The maximum Gasteiger partial charge on any atom is 0.695 e. The molecule has 1 fully saturated rings. The second-order valence-electron chi connectivity index (χ2n) is 5.12. The Morgan fingerprint density at radius 2 is 1.95 bits per heavy atom. The first-order chi connectivity index (χ1) is 10.3. The third-order valence-electron chi connectivity index (χ3n) is 3.69. The van der Waals surface area contributed by atoms with E-state index in [1.807, 2.05) is 6.92 Å². The minimum Gasteiger partial charge on any atom is -0.355 e. The molecule has 1 aliphatic rings. The zero-order chi connectivity index (χ0) is 16.5. The molecule has 1 N–H and O–H groups in total. The lowest BCUT2D eigenvalue weighted by atomic mass is 10.0. The molecule has 9 heteroatoms. The molecule has 5 atom stereocenters. The second-order valence-corrected chi connectivity index (χ2v) is 8.75. The van der Waals surface area contributed by atoms with Gasteiger partial charge in [-0.1, -0.05) is 29.8 Å². The Bertz CT molecular complexity index is 647. The van der Waals surface area contributed by atoms with E-state index in [9.17, 15) is 13.0 Å². The van der Waals surface area contributed by atoms with E-state index in [0.717, 1.165) is 4.47 Å². The van der Waals surface area contributed by atoms with E-state index in [0.29, 0.717) is 6.42 Å². The van der Waals surface area contributed by atoms with Crippen molar-refractivity contribution >= 4 is 34.0 Å². The van der Waals surface area contributed by atoms with Gasteiger partial charge in [-0.25, -0.2) is 8.42 Å². The summed E-state index contributed by atoms with van der Waals surface area (Å²) in [5, 5.41) is 0. The molecule has 0 bridgehead atoms. The van der Waals surface area contributed by atoms with Crippen molar-refractivity contribution in [2.24, 2.45) is 5.92 Å². The fourth-order valence-electron chi connectivity index (χ4n) is 2.58. The van der Waals surface area contributed by atoms with E-state index in [4.69, 9.17) is 14.2 Å². The summed E-state index contributed by atoms with van der Waals surface area (Å²) in [4.78, 5) is 9.11. The number of benzene rings is 1. The van der Waals surface area contributed by atoms with Crippen LogP contribution in [0.4, 0.5) is 0 Å². The predicted molar refractivity (Wildman–Crippen MR) is 84.1 cm³/mol. The summed E-state index contributed by atoms with van der Waals surface area (Å²) in [5.74, 6) is -0.551. The van der Waals surface area contributed by atoms with Gasteiger partial charge in [-0.15, -0.1) is 9.42 Å². The number of sulfone groups is 1. The Balaban J connectivity index is 2.31. The van der Waals surface area contributed by atoms with Crippen molar-refractivity contribution in [3.8, 4) is 0 Å². The van der Waals surface area contributed by atoms with Crippen molar-refractivity contribution in [3.63, 3.8) is 0 Å². The van der Waals surface area contributed by atoms with Gasteiger partial charge in [0.15, 0.2) is 5.44 Å². The molecule has 1 saturated heterocycles. The van der Waals surface area contributed by atoms with Crippen LogP contribution in [0.3, 0.4) is 0 Å². The molecular formula is C13H17BrO6PS+. The molecule has 0 aromatic heterocycles. The van der Waals surface area contributed by atoms with E-state index < -0.39 is 41.7 Å². The minimum absolute atomic E-state index is 0.149. The van der Waals surface area contributed by atoms with Crippen molar-refractivity contribution in [1.29, 1.82) is 0 Å². The van der Waals surface area contributed by atoms with Crippen LogP contribution in [0.5, 0.6) is 0 Å². The Labute approximate surface area is 138 Å². The highest BCUT2D eigenvalue weighted by Crippen LogP contribution is 2.39. The van der Waals surface area contributed by atoms with Gasteiger partial charge in [-0.2, -0.15) is 0 Å². The average molecular weight is 412 g/mol. The number of halogens is 1. The van der Waals surface area contributed by atoms with Gasteiger partial charge in [0.2, 0.25) is 9.84 Å². The highest BCUT2D eigenvalue weighted by molar-refractivity contribution is 9.10. The molecule has 0 radical (unpaired) electrons. The summed E-state index contributed by atoms with van der Waals surface area (Å²) in [6, 6.07) is 6.28. The average Bonchev–Trinajstić information content (AvgIpc) is 2.76. The largest absolute Gasteiger partial charge is 0.695 e. The van der Waals surface area contributed by atoms with Crippen LogP contribution in [0.2, 0.25) is 0 Å². The number of hydrogen-bond donors (Lipinski definition) is 1. The van der Waals surface area contributed by atoms with Gasteiger partial charge < -0.3 is 4.74 Å². The number of rotatable bonds is 5. The summed E-state index contributed by atoms with van der Waals surface area (Å²) < 4.78 is 47.7. The van der Waals surface area contributed by atoms with Crippen molar-refractivity contribution in [2.45, 2.75) is 42.8 Å². The molecule has 1 aromatic carbocycles. The van der Waals surface area contributed by atoms with Crippen LogP contribution >= 0.6 is 24.2 Å². The Morgan fingerprint density at radius 1 is 1.36 bits per heavy atom. The molecule has 2 rings (SSSR count). The van der Waals surface area contributed by atoms with E-state index in [-0.39, 0.29) is 4.90 Å². The molecule has 0 aliphatic carbocycles. The fraction of sp³-hybridized carbons (Fsp3) is 0.538. The van der Waals surface area contributed by atoms with Crippen LogP contribution in [0.15, 0.2) is 33.6 Å². The van der Waals surface area contributed by atoms with Gasteiger partial charge in [-0.3, -0.25) is 0 Å². The molecule has 0 spiro atoms. The lowest BCUT2D eigenvalue weighted by molar-refractivity contribution is 0.0382. The predicted octanol–water partition coefficient (Wildman–Crippen LogP) is 3.03. The molecule has 6 nitrogen and oxygen atoms in total. The molecule has 2 unspecified atom stereocenters. The zero-order valence-corrected chi connectivity index (χ0v) is 15.3. The van der Waals surface area contributed by atoms with Crippen LogP contribution < -0.4 is 0 Å². The first-order valence-corrected chi connectivity index (χ1v) is 10.2. The van der Waals surface area contributed by atoms with Crippen LogP contribution in [-0.4, -0.2) is 31.0 Å². The van der Waals surface area contributed by atoms with E-state index in [1.54, 1.807) is 19.1 Å². The highest BCUT2D eigenvalue weighted by Gasteiger charge is 2.51. The van der Waals surface area contributed by atoms with E-state index >= 15 is 0 Å². The van der Waals surface area contributed by atoms with Crippen molar-refractivity contribution in [3.05, 3.63) is 28.7 Å². The molecule has 1 aromatic rings. The summed E-state index contributed by atoms with van der Waals surface area (Å²) >= 11 is 3.26.